The number of carbonyl (C=O) groups is 2. The predicted molar refractivity (Wildman–Crippen MR) is 67.2 cm³/mol. The van der Waals surface area contributed by atoms with Gasteiger partial charge < -0.3 is 19.5 Å². The Kier molecular flexibility index (Phi) is 4.38. The van der Waals surface area contributed by atoms with Crippen molar-refractivity contribution >= 4 is 24.6 Å². The zero-order valence-electron chi connectivity index (χ0n) is 11.2. The summed E-state index contributed by atoms with van der Waals surface area (Å²) in [6.07, 6.45) is 0.310. The van der Waals surface area contributed by atoms with E-state index in [1.165, 1.54) is 0 Å². The third kappa shape index (κ3) is 3.83. The van der Waals surface area contributed by atoms with Crippen molar-refractivity contribution in [3.63, 3.8) is 0 Å². The van der Waals surface area contributed by atoms with Crippen molar-refractivity contribution in [2.75, 3.05) is 7.11 Å². The number of rotatable bonds is 2. The van der Waals surface area contributed by atoms with Gasteiger partial charge in [-0.05, 0) is 26.8 Å². The van der Waals surface area contributed by atoms with Crippen molar-refractivity contribution < 1.29 is 29.1 Å². The molecule has 0 atom stereocenters. The molecular formula is C11H16BNO6. The van der Waals surface area contributed by atoms with Crippen LogP contribution in [-0.2, 0) is 9.47 Å². The van der Waals surface area contributed by atoms with Crippen LogP contribution in [0.25, 0.3) is 0 Å². The Morgan fingerprint density at radius 3 is 2.32 bits per heavy atom. The summed E-state index contributed by atoms with van der Waals surface area (Å²) in [6, 6.07) is 1.15. The first-order chi connectivity index (χ1) is 8.65. The number of hydrogen-bond acceptors (Lipinski definition) is 6. The summed E-state index contributed by atoms with van der Waals surface area (Å²) in [5, 5.41) is 18.1. The molecule has 1 rings (SSSR count). The van der Waals surface area contributed by atoms with Gasteiger partial charge in [0.05, 0.1) is 7.11 Å². The lowest BCUT2D eigenvalue weighted by molar-refractivity contribution is 0.0483. The van der Waals surface area contributed by atoms with E-state index in [1.54, 1.807) is 20.8 Å². The van der Waals surface area contributed by atoms with E-state index < -0.39 is 24.8 Å². The van der Waals surface area contributed by atoms with Crippen LogP contribution in [0.15, 0.2) is 12.3 Å². The van der Waals surface area contributed by atoms with E-state index in [1.807, 2.05) is 0 Å². The zero-order chi connectivity index (χ0) is 14.8. The van der Waals surface area contributed by atoms with Gasteiger partial charge in [0.2, 0.25) is 0 Å². The summed E-state index contributed by atoms with van der Waals surface area (Å²) >= 11 is 0. The van der Waals surface area contributed by atoms with Crippen molar-refractivity contribution in [2.45, 2.75) is 26.4 Å². The highest BCUT2D eigenvalue weighted by Gasteiger charge is 2.26. The predicted octanol–water partition coefficient (Wildman–Crippen LogP) is -0.262. The minimum atomic E-state index is -1.80. The van der Waals surface area contributed by atoms with Crippen LogP contribution in [-0.4, -0.2) is 46.5 Å². The van der Waals surface area contributed by atoms with Crippen molar-refractivity contribution in [1.82, 2.24) is 4.57 Å². The van der Waals surface area contributed by atoms with Crippen molar-refractivity contribution in [3.05, 3.63) is 18.0 Å². The van der Waals surface area contributed by atoms with Crippen LogP contribution in [0.5, 0.6) is 0 Å². The second-order valence-corrected chi connectivity index (χ2v) is 4.87. The number of ether oxygens (including phenoxy) is 2. The van der Waals surface area contributed by atoms with Gasteiger partial charge in [-0.25, -0.2) is 14.2 Å². The molecule has 2 N–H and O–H groups in total. The Balaban J connectivity index is 3.17. The summed E-state index contributed by atoms with van der Waals surface area (Å²) in [5.41, 5.74) is -0.890. The van der Waals surface area contributed by atoms with E-state index in [2.05, 4.69) is 4.74 Å². The number of esters is 1. The van der Waals surface area contributed by atoms with Crippen molar-refractivity contribution in [2.24, 2.45) is 0 Å². The molecular weight excluding hydrogens is 253 g/mol. The Hall–Kier alpha value is -1.80. The molecule has 1 aromatic rings. The fourth-order valence-corrected chi connectivity index (χ4v) is 1.35. The molecule has 0 aliphatic rings. The number of carbonyl (C=O) groups excluding carboxylic acids is 2. The van der Waals surface area contributed by atoms with Crippen LogP contribution in [0, 0.1) is 0 Å². The van der Waals surface area contributed by atoms with E-state index in [-0.39, 0.29) is 11.2 Å². The smallest absolute Gasteiger partial charge is 0.464 e. The molecule has 0 bridgehead atoms. The highest BCUT2D eigenvalue weighted by Crippen LogP contribution is 2.11. The maximum absolute atomic E-state index is 11.9. The Morgan fingerprint density at radius 2 is 1.89 bits per heavy atom. The van der Waals surface area contributed by atoms with Gasteiger partial charge in [0.25, 0.3) is 0 Å². The Bertz CT molecular complexity index is 488. The molecule has 0 unspecified atom stereocenters. The Morgan fingerprint density at radius 1 is 1.32 bits per heavy atom. The Labute approximate surface area is 110 Å². The lowest BCUT2D eigenvalue weighted by Gasteiger charge is -2.20. The molecule has 8 heteroatoms. The van der Waals surface area contributed by atoms with Crippen LogP contribution in [0.1, 0.15) is 31.3 Å². The summed E-state index contributed by atoms with van der Waals surface area (Å²) in [5.74, 6) is -0.780. The number of hydrogen-bond donors (Lipinski definition) is 2. The highest BCUT2D eigenvalue weighted by atomic mass is 16.6. The topological polar surface area (TPSA) is 98.0 Å². The average molecular weight is 269 g/mol. The molecule has 0 saturated heterocycles. The van der Waals surface area contributed by atoms with Gasteiger partial charge in [0.1, 0.15) is 11.3 Å². The zero-order valence-corrected chi connectivity index (χ0v) is 11.2. The SMILES string of the molecule is COC(=O)c1cc(B(O)O)cn1C(=O)OC(C)(C)C. The summed E-state index contributed by atoms with van der Waals surface area (Å²) in [7, 11) is -0.642. The van der Waals surface area contributed by atoms with Crippen LogP contribution in [0.4, 0.5) is 4.79 Å². The highest BCUT2D eigenvalue weighted by molar-refractivity contribution is 6.58. The molecule has 1 heterocycles. The number of methoxy groups -OCH3 is 1. The first-order valence-electron chi connectivity index (χ1n) is 5.56. The molecule has 7 nitrogen and oxygen atoms in total. The third-order valence-corrected chi connectivity index (χ3v) is 2.12. The van der Waals surface area contributed by atoms with Crippen LogP contribution < -0.4 is 5.46 Å². The van der Waals surface area contributed by atoms with Crippen LogP contribution in [0.3, 0.4) is 0 Å². The lowest BCUT2D eigenvalue weighted by atomic mass is 9.82. The second-order valence-electron chi connectivity index (χ2n) is 4.87. The number of aromatic nitrogens is 1. The van der Waals surface area contributed by atoms with Crippen molar-refractivity contribution in [3.8, 4) is 0 Å². The van der Waals surface area contributed by atoms with Gasteiger partial charge >= 0.3 is 19.2 Å². The van der Waals surface area contributed by atoms with Gasteiger partial charge in [-0.15, -0.1) is 0 Å². The van der Waals surface area contributed by atoms with E-state index in [0.29, 0.717) is 0 Å². The molecule has 1 aromatic heterocycles. The monoisotopic (exact) mass is 269 g/mol. The maximum atomic E-state index is 11.9. The molecule has 0 radical (unpaired) electrons. The van der Waals surface area contributed by atoms with E-state index in [4.69, 9.17) is 14.8 Å². The summed E-state index contributed by atoms with van der Waals surface area (Å²) in [4.78, 5) is 23.4. The van der Waals surface area contributed by atoms with Gasteiger partial charge in [0.15, 0.2) is 0 Å². The first kappa shape index (κ1) is 15.3. The minimum absolute atomic E-state index is 0.00809. The van der Waals surface area contributed by atoms with Gasteiger partial charge in [0, 0.05) is 11.7 Å². The minimum Gasteiger partial charge on any atom is -0.464 e. The van der Waals surface area contributed by atoms with Gasteiger partial charge in [-0.3, -0.25) is 0 Å². The maximum Gasteiger partial charge on any atom is 0.490 e. The molecule has 0 aromatic carbocycles. The number of nitrogens with zero attached hydrogens (tertiary/aromatic N) is 1. The van der Waals surface area contributed by atoms with E-state index >= 15 is 0 Å². The lowest BCUT2D eigenvalue weighted by Crippen LogP contribution is -2.30. The molecule has 0 amide bonds. The summed E-state index contributed by atoms with van der Waals surface area (Å²) < 4.78 is 10.5. The molecule has 0 fully saturated rings. The van der Waals surface area contributed by atoms with E-state index in [9.17, 15) is 9.59 Å². The molecule has 0 spiro atoms. The van der Waals surface area contributed by atoms with Gasteiger partial charge in [-0.1, -0.05) is 0 Å². The molecule has 104 valence electrons. The second kappa shape index (κ2) is 5.46. The molecule has 0 aliphatic heterocycles. The standard InChI is InChI=1S/C11H16BNO6/c1-11(2,3)19-10(15)13-6-7(12(16)17)5-8(13)9(14)18-4/h5-6,16-17H,1-4H3. The molecule has 19 heavy (non-hydrogen) atoms. The first-order valence-corrected chi connectivity index (χ1v) is 5.56. The average Bonchev–Trinajstić information content (AvgIpc) is 2.70. The van der Waals surface area contributed by atoms with Crippen LogP contribution >= 0.6 is 0 Å². The fraction of sp³-hybridized carbons (Fsp3) is 0.455. The summed E-state index contributed by atoms with van der Waals surface area (Å²) in [6.45, 7) is 5.02. The fourth-order valence-electron chi connectivity index (χ4n) is 1.35. The van der Waals surface area contributed by atoms with E-state index in [0.717, 1.165) is 23.9 Å². The van der Waals surface area contributed by atoms with Gasteiger partial charge in [-0.2, -0.15) is 0 Å². The normalized spacial score (nSPS) is 11.1. The quantitative estimate of drug-likeness (QED) is 0.567. The molecule has 0 saturated carbocycles. The molecule has 0 aliphatic carbocycles. The largest absolute Gasteiger partial charge is 0.490 e. The van der Waals surface area contributed by atoms with Crippen LogP contribution in [0.2, 0.25) is 0 Å². The third-order valence-electron chi connectivity index (χ3n) is 2.12. The van der Waals surface area contributed by atoms with Crippen molar-refractivity contribution in [1.29, 1.82) is 0 Å².